The van der Waals surface area contributed by atoms with Crippen LogP contribution in [0.2, 0.25) is 0 Å². The number of hydrogen-bond donors (Lipinski definition) is 0. The molecule has 0 aliphatic carbocycles. The second-order valence-electron chi connectivity index (χ2n) is 5.41. The molecule has 1 aromatic rings. The van der Waals surface area contributed by atoms with Gasteiger partial charge in [-0.1, -0.05) is 38.1 Å². The van der Waals surface area contributed by atoms with Gasteiger partial charge in [-0.15, -0.1) is 11.6 Å². The van der Waals surface area contributed by atoms with E-state index in [1.54, 1.807) is 0 Å². The molecule has 1 aromatic carbocycles. The topological polar surface area (TPSA) is 9.23 Å². The zero-order valence-corrected chi connectivity index (χ0v) is 12.3. The maximum atomic E-state index is 6.59. The van der Waals surface area contributed by atoms with Crippen LogP contribution in [0.4, 0.5) is 0 Å². The largest absolute Gasteiger partial charge is 0.378 e. The van der Waals surface area contributed by atoms with Crippen LogP contribution in [0.5, 0.6) is 0 Å². The van der Waals surface area contributed by atoms with Gasteiger partial charge < -0.3 is 4.74 Å². The van der Waals surface area contributed by atoms with Crippen LogP contribution in [0.25, 0.3) is 0 Å². The van der Waals surface area contributed by atoms with Crippen molar-refractivity contribution in [2.24, 2.45) is 5.92 Å². The van der Waals surface area contributed by atoms with E-state index in [1.807, 2.05) is 0 Å². The number of halogens is 1. The van der Waals surface area contributed by atoms with E-state index in [1.165, 1.54) is 17.5 Å². The summed E-state index contributed by atoms with van der Waals surface area (Å²) in [6.07, 6.45) is 2.53. The van der Waals surface area contributed by atoms with Gasteiger partial charge in [0.05, 0.1) is 11.5 Å². The summed E-state index contributed by atoms with van der Waals surface area (Å²) in [6, 6.07) is 8.81. The van der Waals surface area contributed by atoms with E-state index in [0.717, 1.165) is 13.0 Å². The molecule has 0 aromatic heterocycles. The minimum absolute atomic E-state index is 0.0773. The van der Waals surface area contributed by atoms with Gasteiger partial charge >= 0.3 is 0 Å². The third kappa shape index (κ3) is 2.89. The summed E-state index contributed by atoms with van der Waals surface area (Å²) in [4.78, 5) is 0. The van der Waals surface area contributed by atoms with Crippen molar-refractivity contribution >= 4 is 11.6 Å². The van der Waals surface area contributed by atoms with Crippen LogP contribution in [-0.4, -0.2) is 12.7 Å². The lowest BCUT2D eigenvalue weighted by Crippen LogP contribution is -2.16. The van der Waals surface area contributed by atoms with Crippen LogP contribution in [0, 0.1) is 5.92 Å². The number of benzene rings is 1. The third-order valence-corrected chi connectivity index (χ3v) is 4.82. The maximum Gasteiger partial charge on any atom is 0.0638 e. The molecule has 100 valence electrons. The Morgan fingerprint density at radius 1 is 1.28 bits per heavy atom. The van der Waals surface area contributed by atoms with E-state index < -0.39 is 0 Å². The minimum atomic E-state index is 0.0773. The van der Waals surface area contributed by atoms with Crippen molar-refractivity contribution in [3.8, 4) is 0 Å². The molecule has 1 fully saturated rings. The van der Waals surface area contributed by atoms with E-state index in [4.69, 9.17) is 16.3 Å². The molecule has 18 heavy (non-hydrogen) atoms. The van der Waals surface area contributed by atoms with E-state index in [2.05, 4.69) is 45.0 Å². The van der Waals surface area contributed by atoms with Crippen molar-refractivity contribution in [1.29, 1.82) is 0 Å². The zero-order chi connectivity index (χ0) is 13.1. The fraction of sp³-hybridized carbons (Fsp3) is 0.625. The molecule has 2 rings (SSSR count). The second-order valence-corrected chi connectivity index (χ2v) is 5.88. The number of rotatable bonds is 4. The van der Waals surface area contributed by atoms with Crippen LogP contribution in [0.3, 0.4) is 0 Å². The molecular weight excluding hydrogens is 244 g/mol. The lowest BCUT2D eigenvalue weighted by atomic mass is 9.91. The third-order valence-electron chi connectivity index (χ3n) is 4.25. The van der Waals surface area contributed by atoms with Crippen molar-refractivity contribution in [3.05, 3.63) is 35.4 Å². The highest BCUT2D eigenvalue weighted by atomic mass is 35.5. The average molecular weight is 267 g/mol. The molecular formula is C16H23ClO. The highest BCUT2D eigenvalue weighted by Gasteiger charge is 2.31. The molecule has 0 saturated carbocycles. The molecule has 1 aliphatic rings. The number of ether oxygens (including phenoxy) is 1. The van der Waals surface area contributed by atoms with Gasteiger partial charge in [0.15, 0.2) is 0 Å². The molecule has 1 nitrogen and oxygen atoms in total. The van der Waals surface area contributed by atoms with Gasteiger partial charge in [-0.05, 0) is 36.8 Å². The zero-order valence-electron chi connectivity index (χ0n) is 11.5. The summed E-state index contributed by atoms with van der Waals surface area (Å²) < 4.78 is 5.60. The van der Waals surface area contributed by atoms with Crippen LogP contribution in [0.1, 0.15) is 56.0 Å². The first-order chi connectivity index (χ1) is 8.63. The normalized spacial score (nSPS) is 27.1. The van der Waals surface area contributed by atoms with Crippen LogP contribution < -0.4 is 0 Å². The van der Waals surface area contributed by atoms with E-state index >= 15 is 0 Å². The quantitative estimate of drug-likeness (QED) is 0.704. The summed E-state index contributed by atoms with van der Waals surface area (Å²) in [7, 11) is 0. The fourth-order valence-corrected chi connectivity index (χ4v) is 3.10. The Morgan fingerprint density at radius 2 is 1.89 bits per heavy atom. The summed E-state index contributed by atoms with van der Waals surface area (Å²) in [5.74, 6) is 1.07. The van der Waals surface area contributed by atoms with Crippen LogP contribution in [0.15, 0.2) is 24.3 Å². The Hall–Kier alpha value is -0.530. The first-order valence-corrected chi connectivity index (χ1v) is 7.42. The summed E-state index contributed by atoms with van der Waals surface area (Å²) in [5.41, 5.74) is 2.63. The second kappa shape index (κ2) is 6.08. The number of alkyl halides is 1. The van der Waals surface area contributed by atoms with Gasteiger partial charge in [-0.25, -0.2) is 0 Å². The standard InChI is InChI=1S/C16H23ClO/c1-4-11(2)13-5-7-14(8-6-13)16(17)15-9-10-18-12(15)3/h5-8,11-12,15-16H,4,9-10H2,1-3H3. The molecule has 0 amide bonds. The fourth-order valence-electron chi connectivity index (χ4n) is 2.62. The lowest BCUT2D eigenvalue weighted by molar-refractivity contribution is 0.105. The van der Waals surface area contributed by atoms with Gasteiger partial charge in [-0.3, -0.25) is 0 Å². The van der Waals surface area contributed by atoms with Crippen LogP contribution >= 0.6 is 11.6 Å². The predicted octanol–water partition coefficient (Wildman–Crippen LogP) is 4.91. The summed E-state index contributed by atoms with van der Waals surface area (Å²) in [6.45, 7) is 7.46. The Labute approximate surface area is 115 Å². The smallest absolute Gasteiger partial charge is 0.0638 e. The maximum absolute atomic E-state index is 6.59. The molecule has 4 atom stereocenters. The van der Waals surface area contributed by atoms with Crippen molar-refractivity contribution in [2.45, 2.75) is 51.0 Å². The molecule has 0 N–H and O–H groups in total. The van der Waals surface area contributed by atoms with Gasteiger partial charge in [0.1, 0.15) is 0 Å². The Morgan fingerprint density at radius 3 is 2.39 bits per heavy atom. The van der Waals surface area contributed by atoms with Gasteiger partial charge in [-0.2, -0.15) is 0 Å². The van der Waals surface area contributed by atoms with Crippen molar-refractivity contribution in [3.63, 3.8) is 0 Å². The molecule has 0 radical (unpaired) electrons. The van der Waals surface area contributed by atoms with Gasteiger partial charge in [0, 0.05) is 12.5 Å². The highest BCUT2D eigenvalue weighted by Crippen LogP contribution is 2.38. The molecule has 2 heteroatoms. The molecule has 1 heterocycles. The molecule has 4 unspecified atom stereocenters. The molecule has 0 spiro atoms. The first-order valence-electron chi connectivity index (χ1n) is 6.99. The van der Waals surface area contributed by atoms with E-state index in [0.29, 0.717) is 11.8 Å². The van der Waals surface area contributed by atoms with E-state index in [9.17, 15) is 0 Å². The Bertz CT molecular complexity index is 373. The van der Waals surface area contributed by atoms with Gasteiger partial charge in [0.2, 0.25) is 0 Å². The van der Waals surface area contributed by atoms with Crippen LogP contribution in [-0.2, 0) is 4.74 Å². The van der Waals surface area contributed by atoms with Gasteiger partial charge in [0.25, 0.3) is 0 Å². The highest BCUT2D eigenvalue weighted by molar-refractivity contribution is 6.21. The summed E-state index contributed by atoms with van der Waals surface area (Å²) in [5, 5.41) is 0.0773. The Kier molecular flexibility index (Phi) is 4.69. The first kappa shape index (κ1) is 13.9. The van der Waals surface area contributed by atoms with E-state index in [-0.39, 0.29) is 11.5 Å². The molecule has 1 aliphatic heterocycles. The van der Waals surface area contributed by atoms with Crippen molar-refractivity contribution < 1.29 is 4.74 Å². The minimum Gasteiger partial charge on any atom is -0.378 e. The monoisotopic (exact) mass is 266 g/mol. The molecule has 1 saturated heterocycles. The Balaban J connectivity index is 2.09. The predicted molar refractivity (Wildman–Crippen MR) is 77.3 cm³/mol. The van der Waals surface area contributed by atoms with Crippen molar-refractivity contribution in [1.82, 2.24) is 0 Å². The molecule has 0 bridgehead atoms. The number of hydrogen-bond acceptors (Lipinski definition) is 1. The van der Waals surface area contributed by atoms with Crippen molar-refractivity contribution in [2.75, 3.05) is 6.61 Å². The lowest BCUT2D eigenvalue weighted by Gasteiger charge is -2.21. The summed E-state index contributed by atoms with van der Waals surface area (Å²) >= 11 is 6.59. The SMILES string of the molecule is CCC(C)c1ccc(C(Cl)C2CCOC2C)cc1. The average Bonchev–Trinajstić information content (AvgIpc) is 2.83.